The Morgan fingerprint density at radius 3 is 1.78 bits per heavy atom. The van der Waals surface area contributed by atoms with Crippen LogP contribution < -0.4 is 0 Å². The Hall–Kier alpha value is -1.74. The highest BCUT2D eigenvalue weighted by atomic mass is 19.1. The zero-order valence-electron chi connectivity index (χ0n) is 13.7. The number of benzene rings is 2. The van der Waals surface area contributed by atoms with Crippen molar-refractivity contribution >= 4 is 0 Å². The van der Waals surface area contributed by atoms with E-state index in [4.69, 9.17) is 0 Å². The average Bonchev–Trinajstić information content (AvgIpc) is 2.54. The molecule has 0 amide bonds. The molecule has 0 aromatic heterocycles. The lowest BCUT2D eigenvalue weighted by Gasteiger charge is -2.42. The number of halogens is 2. The van der Waals surface area contributed by atoms with E-state index in [1.54, 1.807) is 0 Å². The van der Waals surface area contributed by atoms with Gasteiger partial charge in [-0.05, 0) is 61.1 Å². The van der Waals surface area contributed by atoms with Gasteiger partial charge in [-0.1, -0.05) is 31.2 Å². The standard InChI is InChI=1S/C20H23F2N/c1-14-3-4-15(2)23(13-14)20(16-5-9-18(21)10-6-16)17-7-11-19(22)12-8-17/h5-12,14-15,20H,3-4,13H2,1-2H3/t14-,15-/m0/s1. The summed E-state index contributed by atoms with van der Waals surface area (Å²) in [4.78, 5) is 2.47. The summed E-state index contributed by atoms with van der Waals surface area (Å²) < 4.78 is 26.6. The lowest BCUT2D eigenvalue weighted by atomic mass is 9.89. The summed E-state index contributed by atoms with van der Waals surface area (Å²) in [7, 11) is 0. The quantitative estimate of drug-likeness (QED) is 0.755. The molecule has 0 saturated carbocycles. The number of rotatable bonds is 3. The van der Waals surface area contributed by atoms with Crippen LogP contribution in [0.4, 0.5) is 8.78 Å². The zero-order chi connectivity index (χ0) is 16.4. The molecule has 1 saturated heterocycles. The van der Waals surface area contributed by atoms with Crippen LogP contribution in [-0.2, 0) is 0 Å². The van der Waals surface area contributed by atoms with E-state index >= 15 is 0 Å². The molecule has 0 unspecified atom stereocenters. The Labute approximate surface area is 136 Å². The molecule has 1 aliphatic rings. The normalized spacial score (nSPS) is 22.5. The Morgan fingerprint density at radius 2 is 1.30 bits per heavy atom. The molecule has 0 spiro atoms. The molecule has 3 rings (SSSR count). The predicted molar refractivity (Wildman–Crippen MR) is 89.2 cm³/mol. The van der Waals surface area contributed by atoms with Gasteiger partial charge in [0, 0.05) is 12.6 Å². The van der Waals surface area contributed by atoms with Crippen molar-refractivity contribution in [2.75, 3.05) is 6.54 Å². The highest BCUT2D eigenvalue weighted by Gasteiger charge is 2.31. The van der Waals surface area contributed by atoms with Crippen LogP contribution in [0.25, 0.3) is 0 Å². The highest BCUT2D eigenvalue weighted by Crippen LogP contribution is 2.35. The lowest BCUT2D eigenvalue weighted by molar-refractivity contribution is 0.0933. The minimum Gasteiger partial charge on any atom is -0.289 e. The summed E-state index contributed by atoms with van der Waals surface area (Å²) in [6.07, 6.45) is 2.39. The maximum Gasteiger partial charge on any atom is 0.123 e. The average molecular weight is 315 g/mol. The fraction of sp³-hybridized carbons (Fsp3) is 0.400. The van der Waals surface area contributed by atoms with Gasteiger partial charge >= 0.3 is 0 Å². The van der Waals surface area contributed by atoms with E-state index in [0.717, 1.165) is 24.1 Å². The minimum absolute atomic E-state index is 0.0361. The maximum absolute atomic E-state index is 13.3. The molecule has 0 aliphatic carbocycles. The molecule has 2 atom stereocenters. The van der Waals surface area contributed by atoms with Crippen molar-refractivity contribution < 1.29 is 8.78 Å². The van der Waals surface area contributed by atoms with E-state index < -0.39 is 0 Å². The van der Waals surface area contributed by atoms with E-state index in [9.17, 15) is 8.78 Å². The topological polar surface area (TPSA) is 3.24 Å². The number of hydrogen-bond donors (Lipinski definition) is 0. The second-order valence-electron chi connectivity index (χ2n) is 6.73. The van der Waals surface area contributed by atoms with Gasteiger partial charge in [-0.3, -0.25) is 4.90 Å². The summed E-state index contributed by atoms with van der Waals surface area (Å²) in [5, 5.41) is 0. The minimum atomic E-state index is -0.230. The van der Waals surface area contributed by atoms with Crippen molar-refractivity contribution in [3.05, 3.63) is 71.3 Å². The van der Waals surface area contributed by atoms with Gasteiger partial charge in [-0.25, -0.2) is 8.78 Å². The van der Waals surface area contributed by atoms with Crippen LogP contribution in [0.15, 0.2) is 48.5 Å². The SMILES string of the molecule is C[C@H]1CC[C@H](C)N(C(c2ccc(F)cc2)c2ccc(F)cc2)C1. The van der Waals surface area contributed by atoms with Gasteiger partial charge in [0.1, 0.15) is 11.6 Å². The van der Waals surface area contributed by atoms with Crippen molar-refractivity contribution in [2.45, 2.75) is 38.8 Å². The summed E-state index contributed by atoms with van der Waals surface area (Å²) in [5.74, 6) is 0.174. The van der Waals surface area contributed by atoms with Crippen LogP contribution in [0.1, 0.15) is 43.9 Å². The summed E-state index contributed by atoms with van der Waals surface area (Å²) in [6.45, 7) is 5.51. The molecule has 122 valence electrons. The molecule has 2 aromatic rings. The van der Waals surface area contributed by atoms with Gasteiger partial charge in [0.15, 0.2) is 0 Å². The van der Waals surface area contributed by atoms with Gasteiger partial charge in [0.2, 0.25) is 0 Å². The first-order valence-corrected chi connectivity index (χ1v) is 8.31. The van der Waals surface area contributed by atoms with Crippen LogP contribution >= 0.6 is 0 Å². The third-order valence-corrected chi connectivity index (χ3v) is 4.87. The molecule has 23 heavy (non-hydrogen) atoms. The van der Waals surface area contributed by atoms with E-state index in [0.29, 0.717) is 12.0 Å². The van der Waals surface area contributed by atoms with Crippen LogP contribution in [-0.4, -0.2) is 17.5 Å². The van der Waals surface area contributed by atoms with Crippen molar-refractivity contribution in [3.8, 4) is 0 Å². The maximum atomic E-state index is 13.3. The fourth-order valence-corrected chi connectivity index (χ4v) is 3.55. The first-order chi connectivity index (χ1) is 11.0. The molecule has 0 radical (unpaired) electrons. The third kappa shape index (κ3) is 3.61. The largest absolute Gasteiger partial charge is 0.289 e. The molecular weight excluding hydrogens is 292 g/mol. The van der Waals surface area contributed by atoms with Gasteiger partial charge in [0.25, 0.3) is 0 Å². The molecule has 0 N–H and O–H groups in total. The van der Waals surface area contributed by atoms with Gasteiger partial charge in [-0.15, -0.1) is 0 Å². The predicted octanol–water partition coefficient (Wildman–Crippen LogP) is 5.17. The van der Waals surface area contributed by atoms with E-state index in [1.165, 1.54) is 30.7 Å². The molecule has 1 fully saturated rings. The molecule has 1 nitrogen and oxygen atoms in total. The smallest absolute Gasteiger partial charge is 0.123 e. The lowest BCUT2D eigenvalue weighted by Crippen LogP contribution is -2.43. The van der Waals surface area contributed by atoms with Crippen molar-refractivity contribution in [1.29, 1.82) is 0 Å². The Bertz CT molecular complexity index is 590. The number of hydrogen-bond acceptors (Lipinski definition) is 1. The number of likely N-dealkylation sites (tertiary alicyclic amines) is 1. The summed E-state index contributed by atoms with van der Waals surface area (Å²) >= 11 is 0. The van der Waals surface area contributed by atoms with Crippen LogP contribution in [0.2, 0.25) is 0 Å². The molecule has 1 aliphatic heterocycles. The third-order valence-electron chi connectivity index (χ3n) is 4.87. The van der Waals surface area contributed by atoms with Crippen LogP contribution in [0.3, 0.4) is 0 Å². The fourth-order valence-electron chi connectivity index (χ4n) is 3.55. The summed E-state index contributed by atoms with van der Waals surface area (Å²) in [6, 6.07) is 13.9. The zero-order valence-corrected chi connectivity index (χ0v) is 13.7. The molecule has 1 heterocycles. The molecular formula is C20H23F2N. The molecule has 0 bridgehead atoms. The van der Waals surface area contributed by atoms with E-state index in [1.807, 2.05) is 24.3 Å². The van der Waals surface area contributed by atoms with Crippen molar-refractivity contribution in [3.63, 3.8) is 0 Å². The second kappa shape index (κ2) is 6.79. The number of piperidine rings is 1. The highest BCUT2D eigenvalue weighted by molar-refractivity contribution is 5.32. The second-order valence-corrected chi connectivity index (χ2v) is 6.73. The first kappa shape index (κ1) is 16.1. The number of nitrogens with zero attached hydrogens (tertiary/aromatic N) is 1. The molecule has 3 heteroatoms. The van der Waals surface area contributed by atoms with Crippen LogP contribution in [0.5, 0.6) is 0 Å². The van der Waals surface area contributed by atoms with Gasteiger partial charge in [0.05, 0.1) is 6.04 Å². The first-order valence-electron chi connectivity index (χ1n) is 8.31. The van der Waals surface area contributed by atoms with E-state index in [-0.39, 0.29) is 17.7 Å². The monoisotopic (exact) mass is 315 g/mol. The van der Waals surface area contributed by atoms with Crippen molar-refractivity contribution in [2.24, 2.45) is 5.92 Å². The summed E-state index contributed by atoms with van der Waals surface area (Å²) in [5.41, 5.74) is 2.11. The van der Waals surface area contributed by atoms with E-state index in [2.05, 4.69) is 18.7 Å². The Morgan fingerprint density at radius 1 is 0.826 bits per heavy atom. The molecule has 2 aromatic carbocycles. The van der Waals surface area contributed by atoms with Gasteiger partial charge in [-0.2, -0.15) is 0 Å². The Balaban J connectivity index is 2.01. The van der Waals surface area contributed by atoms with Crippen LogP contribution in [0, 0.1) is 17.6 Å². The van der Waals surface area contributed by atoms with Gasteiger partial charge < -0.3 is 0 Å². The Kier molecular flexibility index (Phi) is 4.76. The van der Waals surface area contributed by atoms with Crippen molar-refractivity contribution in [1.82, 2.24) is 4.90 Å².